The molecule has 2 heterocycles. The van der Waals surface area contributed by atoms with Gasteiger partial charge in [0.25, 0.3) is 5.89 Å². The summed E-state index contributed by atoms with van der Waals surface area (Å²) in [5, 5.41) is 6.87. The Labute approximate surface area is 157 Å². The Morgan fingerprint density at radius 3 is 2.74 bits per heavy atom. The fourth-order valence-corrected chi connectivity index (χ4v) is 3.74. The number of carbonyl (C=O) groups is 1. The van der Waals surface area contributed by atoms with Crippen molar-refractivity contribution in [2.45, 2.75) is 44.8 Å². The lowest BCUT2D eigenvalue weighted by Crippen LogP contribution is -2.45. The molecule has 1 saturated carbocycles. The molecule has 1 N–H and O–H groups in total. The highest BCUT2D eigenvalue weighted by molar-refractivity contribution is 5.78. The van der Waals surface area contributed by atoms with E-state index in [0.29, 0.717) is 24.9 Å². The Morgan fingerprint density at radius 2 is 2.00 bits per heavy atom. The Kier molecular flexibility index (Phi) is 4.98. The second-order valence-electron chi connectivity index (χ2n) is 6.92. The van der Waals surface area contributed by atoms with Gasteiger partial charge in [-0.05, 0) is 37.5 Å². The van der Waals surface area contributed by atoms with E-state index < -0.39 is 5.54 Å². The zero-order valence-electron chi connectivity index (χ0n) is 15.3. The highest BCUT2D eigenvalue weighted by Gasteiger charge is 2.37. The third-order valence-corrected chi connectivity index (χ3v) is 4.96. The first-order valence-electron chi connectivity index (χ1n) is 9.23. The molecular weight excluding hydrogens is 350 g/mol. The maximum Gasteiger partial charge on any atom is 0.252 e. The van der Waals surface area contributed by atoms with Crippen molar-refractivity contribution in [3.05, 3.63) is 35.5 Å². The SMILES string of the molecule is Cc1noc(COCC(=O)NC2(c3ccc4c(c3)OCCO4)CCCC2)n1. The fourth-order valence-electron chi connectivity index (χ4n) is 3.74. The number of rotatable bonds is 6. The van der Waals surface area contributed by atoms with Crippen molar-refractivity contribution in [1.82, 2.24) is 15.5 Å². The molecule has 144 valence electrons. The lowest BCUT2D eigenvalue weighted by atomic mass is 9.87. The number of amides is 1. The molecule has 0 radical (unpaired) electrons. The van der Waals surface area contributed by atoms with E-state index in [1.165, 1.54) is 0 Å². The van der Waals surface area contributed by atoms with Crippen LogP contribution in [0.4, 0.5) is 0 Å². The molecule has 8 nitrogen and oxygen atoms in total. The molecule has 2 aliphatic rings. The molecule has 8 heteroatoms. The molecule has 0 unspecified atom stereocenters. The second-order valence-corrected chi connectivity index (χ2v) is 6.92. The average Bonchev–Trinajstić information content (AvgIpc) is 3.31. The van der Waals surface area contributed by atoms with E-state index in [-0.39, 0.29) is 19.1 Å². The summed E-state index contributed by atoms with van der Waals surface area (Å²) >= 11 is 0. The maximum atomic E-state index is 12.5. The molecule has 0 atom stereocenters. The number of carbonyl (C=O) groups excluding carboxylic acids is 1. The van der Waals surface area contributed by atoms with Gasteiger partial charge in [-0.1, -0.05) is 24.1 Å². The van der Waals surface area contributed by atoms with Gasteiger partial charge in [0.1, 0.15) is 26.4 Å². The quantitative estimate of drug-likeness (QED) is 0.830. The van der Waals surface area contributed by atoms with Crippen molar-refractivity contribution in [3.8, 4) is 11.5 Å². The minimum atomic E-state index is -0.392. The topological polar surface area (TPSA) is 95.7 Å². The number of nitrogens with one attached hydrogen (secondary N) is 1. The van der Waals surface area contributed by atoms with E-state index >= 15 is 0 Å². The molecule has 1 fully saturated rings. The first-order valence-corrected chi connectivity index (χ1v) is 9.23. The highest BCUT2D eigenvalue weighted by Crippen LogP contribution is 2.42. The number of nitrogens with zero attached hydrogens (tertiary/aromatic N) is 2. The summed E-state index contributed by atoms with van der Waals surface area (Å²) in [6.45, 7) is 2.89. The van der Waals surface area contributed by atoms with Gasteiger partial charge >= 0.3 is 0 Å². The number of fused-ring (bicyclic) bond motifs is 1. The van der Waals surface area contributed by atoms with Gasteiger partial charge in [-0.2, -0.15) is 4.98 Å². The summed E-state index contributed by atoms with van der Waals surface area (Å²) in [4.78, 5) is 16.6. The maximum absolute atomic E-state index is 12.5. The van der Waals surface area contributed by atoms with E-state index in [2.05, 4.69) is 15.5 Å². The first-order chi connectivity index (χ1) is 13.1. The van der Waals surface area contributed by atoms with Crippen LogP contribution in [0.5, 0.6) is 11.5 Å². The number of hydrogen-bond acceptors (Lipinski definition) is 7. The lowest BCUT2D eigenvalue weighted by molar-refractivity contribution is -0.128. The van der Waals surface area contributed by atoms with Crippen LogP contribution in [0.25, 0.3) is 0 Å². The molecule has 0 saturated heterocycles. The summed E-state index contributed by atoms with van der Waals surface area (Å²) in [7, 11) is 0. The van der Waals surface area contributed by atoms with Gasteiger partial charge < -0.3 is 24.1 Å². The van der Waals surface area contributed by atoms with Crippen LogP contribution in [-0.4, -0.2) is 35.9 Å². The van der Waals surface area contributed by atoms with Crippen molar-refractivity contribution in [2.75, 3.05) is 19.8 Å². The molecule has 0 bridgehead atoms. The largest absolute Gasteiger partial charge is 0.486 e. The molecule has 1 aliphatic heterocycles. The summed E-state index contributed by atoms with van der Waals surface area (Å²) in [6, 6.07) is 5.92. The van der Waals surface area contributed by atoms with E-state index in [1.54, 1.807) is 6.92 Å². The predicted octanol–water partition coefficient (Wildman–Crippen LogP) is 2.25. The minimum Gasteiger partial charge on any atom is -0.486 e. The van der Waals surface area contributed by atoms with Gasteiger partial charge in [-0.15, -0.1) is 0 Å². The van der Waals surface area contributed by atoms with Crippen LogP contribution in [0.3, 0.4) is 0 Å². The molecule has 1 amide bonds. The fraction of sp³-hybridized carbons (Fsp3) is 0.526. The zero-order chi connectivity index (χ0) is 18.7. The van der Waals surface area contributed by atoms with E-state index in [0.717, 1.165) is 42.7 Å². The normalized spacial score (nSPS) is 17.7. The highest BCUT2D eigenvalue weighted by atomic mass is 16.6. The van der Waals surface area contributed by atoms with Crippen LogP contribution in [0.15, 0.2) is 22.7 Å². The average molecular weight is 373 g/mol. The number of aryl methyl sites for hydroxylation is 1. The molecule has 0 spiro atoms. The zero-order valence-corrected chi connectivity index (χ0v) is 15.3. The molecule has 2 aromatic rings. The van der Waals surface area contributed by atoms with E-state index in [1.807, 2.05) is 18.2 Å². The van der Waals surface area contributed by atoms with Crippen LogP contribution in [-0.2, 0) is 21.7 Å². The summed E-state index contributed by atoms with van der Waals surface area (Å²) < 4.78 is 21.7. The predicted molar refractivity (Wildman–Crippen MR) is 94.4 cm³/mol. The summed E-state index contributed by atoms with van der Waals surface area (Å²) in [5.41, 5.74) is 0.655. The third-order valence-electron chi connectivity index (χ3n) is 4.96. The number of aromatic nitrogens is 2. The van der Waals surface area contributed by atoms with Crippen molar-refractivity contribution >= 4 is 5.91 Å². The Morgan fingerprint density at radius 1 is 1.22 bits per heavy atom. The van der Waals surface area contributed by atoms with Crippen molar-refractivity contribution < 1.29 is 23.5 Å². The minimum absolute atomic E-state index is 0.0618. The number of hydrogen-bond donors (Lipinski definition) is 1. The van der Waals surface area contributed by atoms with Gasteiger partial charge in [-0.3, -0.25) is 4.79 Å². The van der Waals surface area contributed by atoms with Crippen LogP contribution in [0.1, 0.15) is 43.0 Å². The van der Waals surface area contributed by atoms with Gasteiger partial charge in [0, 0.05) is 0 Å². The molecule has 27 heavy (non-hydrogen) atoms. The Hall–Kier alpha value is -2.61. The van der Waals surface area contributed by atoms with Crippen molar-refractivity contribution in [2.24, 2.45) is 0 Å². The van der Waals surface area contributed by atoms with Gasteiger partial charge in [0.05, 0.1) is 5.54 Å². The molecule has 1 aromatic heterocycles. The second kappa shape index (κ2) is 7.56. The molecule has 1 aromatic carbocycles. The van der Waals surface area contributed by atoms with E-state index in [4.69, 9.17) is 18.7 Å². The molecule has 1 aliphatic carbocycles. The van der Waals surface area contributed by atoms with Crippen molar-refractivity contribution in [3.63, 3.8) is 0 Å². The van der Waals surface area contributed by atoms with Crippen LogP contribution < -0.4 is 14.8 Å². The number of ether oxygens (including phenoxy) is 3. The molecular formula is C19H23N3O5. The monoisotopic (exact) mass is 373 g/mol. The third kappa shape index (κ3) is 3.90. The van der Waals surface area contributed by atoms with E-state index in [9.17, 15) is 4.79 Å². The smallest absolute Gasteiger partial charge is 0.252 e. The van der Waals surface area contributed by atoms with Crippen LogP contribution in [0.2, 0.25) is 0 Å². The first kappa shape index (κ1) is 17.8. The van der Waals surface area contributed by atoms with Gasteiger partial charge in [0.2, 0.25) is 5.91 Å². The standard InChI is InChI=1S/C19H23N3O5/c1-13-20-18(27-22-13)12-24-11-17(23)21-19(6-2-3-7-19)14-4-5-15-16(10-14)26-9-8-25-15/h4-5,10H,2-3,6-9,11-12H2,1H3,(H,21,23). The molecule has 4 rings (SSSR count). The Balaban J connectivity index is 1.41. The van der Waals surface area contributed by atoms with Crippen molar-refractivity contribution in [1.29, 1.82) is 0 Å². The van der Waals surface area contributed by atoms with Gasteiger partial charge in [0.15, 0.2) is 17.3 Å². The summed E-state index contributed by atoms with van der Waals surface area (Å²) in [5.74, 6) is 2.23. The van der Waals surface area contributed by atoms with Crippen LogP contribution >= 0.6 is 0 Å². The Bertz CT molecular complexity index is 813. The summed E-state index contributed by atoms with van der Waals surface area (Å²) in [6.07, 6.45) is 3.91. The lowest BCUT2D eigenvalue weighted by Gasteiger charge is -2.32. The van der Waals surface area contributed by atoms with Crippen LogP contribution in [0, 0.1) is 6.92 Å². The number of benzene rings is 1. The van der Waals surface area contributed by atoms with Gasteiger partial charge in [-0.25, -0.2) is 0 Å².